The largest absolute Gasteiger partial charge is 0.486 e. The van der Waals surface area contributed by atoms with Crippen LogP contribution < -0.4 is 9.47 Å². The number of rotatable bonds is 5. The van der Waals surface area contributed by atoms with E-state index in [0.29, 0.717) is 36.9 Å². The minimum absolute atomic E-state index is 0.353. The lowest BCUT2D eigenvalue weighted by atomic mass is 10.2. The second-order valence-corrected chi connectivity index (χ2v) is 5.06. The fourth-order valence-electron chi connectivity index (χ4n) is 1.65. The molecule has 2 rings (SSSR count). The quantitative estimate of drug-likeness (QED) is 0.606. The minimum Gasteiger partial charge on any atom is -0.486 e. The first-order chi connectivity index (χ1) is 8.83. The van der Waals surface area contributed by atoms with Gasteiger partial charge in [0.2, 0.25) is 0 Å². The van der Waals surface area contributed by atoms with Crippen LogP contribution in [-0.4, -0.2) is 37.3 Å². The number of esters is 1. The van der Waals surface area contributed by atoms with Crippen molar-refractivity contribution in [2.24, 2.45) is 0 Å². The molecular formula is C13H16O4S. The van der Waals surface area contributed by atoms with E-state index in [4.69, 9.17) is 14.2 Å². The van der Waals surface area contributed by atoms with Crippen molar-refractivity contribution in [3.63, 3.8) is 0 Å². The van der Waals surface area contributed by atoms with E-state index in [-0.39, 0.29) is 5.97 Å². The molecule has 18 heavy (non-hydrogen) atoms. The van der Waals surface area contributed by atoms with Gasteiger partial charge in [-0.05, 0) is 17.9 Å². The lowest BCUT2D eigenvalue weighted by molar-refractivity contribution is 0.0520. The normalized spacial score (nSPS) is 13.2. The molecule has 0 aliphatic carbocycles. The molecule has 0 N–H and O–H groups in total. The Balaban J connectivity index is 2.01. The van der Waals surface area contributed by atoms with Crippen LogP contribution >= 0.6 is 11.8 Å². The number of carbonyl (C=O) groups is 1. The molecule has 0 amide bonds. The van der Waals surface area contributed by atoms with Gasteiger partial charge in [-0.15, -0.1) is 0 Å². The highest BCUT2D eigenvalue weighted by Gasteiger charge is 2.21. The van der Waals surface area contributed by atoms with E-state index < -0.39 is 0 Å². The highest BCUT2D eigenvalue weighted by atomic mass is 32.2. The van der Waals surface area contributed by atoms with Crippen molar-refractivity contribution in [1.82, 2.24) is 0 Å². The van der Waals surface area contributed by atoms with Gasteiger partial charge in [0.15, 0.2) is 11.5 Å². The molecule has 1 aliphatic heterocycles. The molecule has 0 saturated heterocycles. The molecule has 0 unspecified atom stereocenters. The maximum atomic E-state index is 11.9. The molecule has 4 nitrogen and oxygen atoms in total. The summed E-state index contributed by atoms with van der Waals surface area (Å²) in [6.07, 6.45) is 0. The Morgan fingerprint density at radius 3 is 3.06 bits per heavy atom. The summed E-state index contributed by atoms with van der Waals surface area (Å²) >= 11 is 1.74. The number of fused-ring (bicyclic) bond motifs is 1. The van der Waals surface area contributed by atoms with Crippen molar-refractivity contribution in [1.29, 1.82) is 0 Å². The van der Waals surface area contributed by atoms with E-state index in [0.717, 1.165) is 11.5 Å². The second kappa shape index (κ2) is 6.54. The molecular weight excluding hydrogens is 252 g/mol. The average molecular weight is 268 g/mol. The van der Waals surface area contributed by atoms with E-state index in [1.165, 1.54) is 0 Å². The molecule has 0 aromatic heterocycles. The highest BCUT2D eigenvalue weighted by molar-refractivity contribution is 7.99. The van der Waals surface area contributed by atoms with Crippen LogP contribution in [0.25, 0.3) is 0 Å². The first-order valence-corrected chi connectivity index (χ1v) is 7.12. The van der Waals surface area contributed by atoms with Crippen molar-refractivity contribution < 1.29 is 19.0 Å². The van der Waals surface area contributed by atoms with Crippen LogP contribution in [0.4, 0.5) is 0 Å². The molecule has 0 spiro atoms. The number of carbonyl (C=O) groups excluding carboxylic acids is 1. The summed E-state index contributed by atoms with van der Waals surface area (Å²) in [7, 11) is 0. The number of para-hydroxylation sites is 1. The van der Waals surface area contributed by atoms with Crippen LogP contribution in [0.5, 0.6) is 11.5 Å². The zero-order valence-corrected chi connectivity index (χ0v) is 11.1. The summed E-state index contributed by atoms with van der Waals surface area (Å²) in [5, 5.41) is 0. The third-order valence-electron chi connectivity index (χ3n) is 2.45. The maximum absolute atomic E-state index is 11.9. The van der Waals surface area contributed by atoms with Crippen LogP contribution in [-0.2, 0) is 4.74 Å². The first kappa shape index (κ1) is 13.1. The van der Waals surface area contributed by atoms with E-state index >= 15 is 0 Å². The van der Waals surface area contributed by atoms with Gasteiger partial charge >= 0.3 is 5.97 Å². The van der Waals surface area contributed by atoms with Gasteiger partial charge < -0.3 is 14.2 Å². The molecule has 1 aromatic rings. The third-order valence-corrected chi connectivity index (χ3v) is 3.31. The predicted octanol–water partition coefficient (Wildman–Crippen LogP) is 2.37. The lowest BCUT2D eigenvalue weighted by Gasteiger charge is -2.20. The summed E-state index contributed by atoms with van der Waals surface area (Å²) in [5.74, 6) is 2.59. The van der Waals surface area contributed by atoms with Crippen LogP contribution in [0.2, 0.25) is 0 Å². The number of hydrogen-bond acceptors (Lipinski definition) is 5. The van der Waals surface area contributed by atoms with Gasteiger partial charge in [-0.25, -0.2) is 4.79 Å². The smallest absolute Gasteiger partial charge is 0.342 e. The van der Waals surface area contributed by atoms with Gasteiger partial charge in [-0.2, -0.15) is 11.8 Å². The number of benzene rings is 1. The van der Waals surface area contributed by atoms with E-state index in [9.17, 15) is 4.79 Å². The van der Waals surface area contributed by atoms with Gasteiger partial charge in [0, 0.05) is 5.75 Å². The summed E-state index contributed by atoms with van der Waals surface area (Å²) in [6.45, 7) is 3.47. The van der Waals surface area contributed by atoms with Crippen LogP contribution in [0.15, 0.2) is 18.2 Å². The topological polar surface area (TPSA) is 44.8 Å². The molecule has 0 radical (unpaired) electrons. The number of ether oxygens (including phenoxy) is 3. The summed E-state index contributed by atoms with van der Waals surface area (Å²) in [4.78, 5) is 11.9. The standard InChI is InChI=1S/C13H16O4S/c1-2-18-9-8-17-13(14)10-4-3-5-11-12(10)16-7-6-15-11/h3-5H,2,6-9H2,1H3. The number of hydrogen-bond donors (Lipinski definition) is 0. The fourth-order valence-corrected chi connectivity index (χ4v) is 2.14. The van der Waals surface area contributed by atoms with Crippen molar-refractivity contribution >= 4 is 17.7 Å². The highest BCUT2D eigenvalue weighted by Crippen LogP contribution is 2.33. The van der Waals surface area contributed by atoms with Gasteiger partial charge in [-0.1, -0.05) is 13.0 Å². The Morgan fingerprint density at radius 1 is 1.39 bits per heavy atom. The predicted molar refractivity (Wildman–Crippen MR) is 70.7 cm³/mol. The number of thioether (sulfide) groups is 1. The SMILES string of the molecule is CCSCCOC(=O)c1cccc2c1OCCO2. The van der Waals surface area contributed by atoms with Crippen molar-refractivity contribution in [3.05, 3.63) is 23.8 Å². The Hall–Kier alpha value is -1.36. The van der Waals surface area contributed by atoms with Crippen LogP contribution in [0, 0.1) is 0 Å². The van der Waals surface area contributed by atoms with E-state index in [1.807, 2.05) is 0 Å². The zero-order valence-electron chi connectivity index (χ0n) is 10.3. The fraction of sp³-hybridized carbons (Fsp3) is 0.462. The third kappa shape index (κ3) is 3.10. The second-order valence-electron chi connectivity index (χ2n) is 3.66. The molecule has 98 valence electrons. The Bertz CT molecular complexity index is 419. The zero-order chi connectivity index (χ0) is 12.8. The molecule has 0 fully saturated rings. The summed E-state index contributed by atoms with van der Waals surface area (Å²) < 4.78 is 16.1. The molecule has 5 heteroatoms. The first-order valence-electron chi connectivity index (χ1n) is 5.96. The van der Waals surface area contributed by atoms with Crippen molar-refractivity contribution in [2.45, 2.75) is 6.92 Å². The molecule has 1 aromatic carbocycles. The monoisotopic (exact) mass is 268 g/mol. The van der Waals surface area contributed by atoms with Gasteiger partial charge in [0.25, 0.3) is 0 Å². The Labute approximate surface area is 111 Å². The molecule has 1 heterocycles. The average Bonchev–Trinajstić information content (AvgIpc) is 2.43. The summed E-state index contributed by atoms with van der Waals surface area (Å²) in [5.41, 5.74) is 0.439. The molecule has 0 atom stereocenters. The molecule has 0 saturated carbocycles. The van der Waals surface area contributed by atoms with E-state index in [1.54, 1.807) is 30.0 Å². The maximum Gasteiger partial charge on any atom is 0.342 e. The van der Waals surface area contributed by atoms with E-state index in [2.05, 4.69) is 6.92 Å². The van der Waals surface area contributed by atoms with Crippen molar-refractivity contribution in [3.8, 4) is 11.5 Å². The van der Waals surface area contributed by atoms with Gasteiger partial charge in [-0.3, -0.25) is 0 Å². The van der Waals surface area contributed by atoms with Crippen LogP contribution in [0.3, 0.4) is 0 Å². The lowest BCUT2D eigenvalue weighted by Crippen LogP contribution is -2.18. The van der Waals surface area contributed by atoms with Gasteiger partial charge in [0.1, 0.15) is 25.4 Å². The minimum atomic E-state index is -0.353. The molecule has 0 bridgehead atoms. The van der Waals surface area contributed by atoms with Crippen molar-refractivity contribution in [2.75, 3.05) is 31.3 Å². The summed E-state index contributed by atoms with van der Waals surface area (Å²) in [6, 6.07) is 5.26. The van der Waals surface area contributed by atoms with Crippen LogP contribution in [0.1, 0.15) is 17.3 Å². The Kier molecular flexibility index (Phi) is 4.75. The molecule has 1 aliphatic rings. The Morgan fingerprint density at radius 2 is 2.22 bits per heavy atom. The van der Waals surface area contributed by atoms with Gasteiger partial charge in [0.05, 0.1) is 0 Å².